The third-order valence-electron chi connectivity index (χ3n) is 4.88. The third-order valence-corrected chi connectivity index (χ3v) is 6.22. The van der Waals surface area contributed by atoms with Crippen LogP contribution in [0.1, 0.15) is 21.6 Å². The van der Waals surface area contributed by atoms with Crippen LogP contribution in [0.3, 0.4) is 0 Å². The number of carbonyl (C=O) groups is 1. The normalized spacial score (nSPS) is 12.2. The Labute approximate surface area is 196 Å². The van der Waals surface area contributed by atoms with Gasteiger partial charge in [-0.15, -0.1) is 0 Å². The fourth-order valence-electron chi connectivity index (χ4n) is 3.23. The number of anilines is 1. The highest BCUT2D eigenvalue weighted by molar-refractivity contribution is 7.89. The molecule has 0 spiro atoms. The molecule has 0 aliphatic heterocycles. The molecular weight excluding hydrogens is 495 g/mol. The second-order valence-corrected chi connectivity index (χ2v) is 9.28. The van der Waals surface area contributed by atoms with Crippen molar-refractivity contribution in [3.63, 3.8) is 0 Å². The molecule has 34 heavy (non-hydrogen) atoms. The van der Waals surface area contributed by atoms with Gasteiger partial charge in [0.2, 0.25) is 10.0 Å². The Morgan fingerprint density at radius 2 is 1.88 bits per heavy atom. The van der Waals surface area contributed by atoms with Crippen molar-refractivity contribution < 1.29 is 26.4 Å². The number of carbonyl (C=O) groups excluding carboxylic acids is 1. The van der Waals surface area contributed by atoms with Crippen LogP contribution in [-0.4, -0.2) is 28.9 Å². The molecule has 1 amide bonds. The lowest BCUT2D eigenvalue weighted by atomic mass is 10.1. The number of sulfonamides is 1. The molecule has 176 valence electrons. The Balaban J connectivity index is 1.83. The van der Waals surface area contributed by atoms with Crippen molar-refractivity contribution in [2.75, 3.05) is 5.32 Å². The summed E-state index contributed by atoms with van der Waals surface area (Å²) in [4.78, 5) is 16.9. The first kappa shape index (κ1) is 23.7. The van der Waals surface area contributed by atoms with Gasteiger partial charge in [0, 0.05) is 16.3 Å². The molecule has 4 rings (SSSR count). The van der Waals surface area contributed by atoms with Crippen molar-refractivity contribution >= 4 is 38.9 Å². The monoisotopic (exact) mass is 509 g/mol. The minimum atomic E-state index is -4.79. The third kappa shape index (κ3) is 4.60. The van der Waals surface area contributed by atoms with Crippen LogP contribution in [0.5, 0.6) is 0 Å². The van der Waals surface area contributed by atoms with Gasteiger partial charge in [0.05, 0.1) is 16.8 Å². The minimum Gasteiger partial charge on any atom is -0.322 e. The number of hydrogen-bond acceptors (Lipinski definition) is 5. The standard InChI is InChI=1S/C21H15ClF3N5O3S/c1-11-7-12(5-6-16(11)22)17-9-18(21(23,24)25)30-19(29-17)15(10-27-30)20(31)28-13-3-2-4-14(8-13)34(26,32)33/h2-10H,1H3,(H,28,31)(H2,26,32,33). The average Bonchev–Trinajstić information content (AvgIpc) is 3.18. The number of alkyl halides is 3. The molecule has 0 bridgehead atoms. The lowest BCUT2D eigenvalue weighted by Crippen LogP contribution is -2.16. The Bertz CT molecular complexity index is 1550. The fourth-order valence-corrected chi connectivity index (χ4v) is 3.90. The van der Waals surface area contributed by atoms with Gasteiger partial charge in [0.25, 0.3) is 5.91 Å². The van der Waals surface area contributed by atoms with E-state index in [2.05, 4.69) is 15.4 Å². The first-order chi connectivity index (χ1) is 15.8. The first-order valence-corrected chi connectivity index (χ1v) is 11.4. The largest absolute Gasteiger partial charge is 0.433 e. The number of aryl methyl sites for hydroxylation is 1. The second-order valence-electron chi connectivity index (χ2n) is 7.31. The van der Waals surface area contributed by atoms with Crippen LogP contribution >= 0.6 is 11.6 Å². The molecule has 0 saturated carbocycles. The Morgan fingerprint density at radius 1 is 1.15 bits per heavy atom. The predicted molar refractivity (Wildman–Crippen MR) is 119 cm³/mol. The minimum absolute atomic E-state index is 0.0367. The maximum absolute atomic E-state index is 13.8. The van der Waals surface area contributed by atoms with E-state index in [4.69, 9.17) is 16.7 Å². The summed E-state index contributed by atoms with van der Waals surface area (Å²) in [7, 11) is -4.03. The summed E-state index contributed by atoms with van der Waals surface area (Å²) in [5.74, 6) is -0.841. The number of amides is 1. The van der Waals surface area contributed by atoms with Gasteiger partial charge in [-0.3, -0.25) is 4.79 Å². The number of aromatic nitrogens is 3. The molecule has 8 nitrogen and oxygen atoms in total. The smallest absolute Gasteiger partial charge is 0.322 e. The maximum atomic E-state index is 13.8. The quantitative estimate of drug-likeness (QED) is 0.425. The summed E-state index contributed by atoms with van der Waals surface area (Å²) in [5, 5.41) is 11.7. The van der Waals surface area contributed by atoms with E-state index in [9.17, 15) is 26.4 Å². The van der Waals surface area contributed by atoms with E-state index in [0.717, 1.165) is 18.3 Å². The maximum Gasteiger partial charge on any atom is 0.433 e. The van der Waals surface area contributed by atoms with E-state index in [-0.39, 0.29) is 27.5 Å². The van der Waals surface area contributed by atoms with E-state index >= 15 is 0 Å². The number of halogens is 4. The zero-order valence-electron chi connectivity index (χ0n) is 17.3. The van der Waals surface area contributed by atoms with Crippen molar-refractivity contribution in [2.24, 2.45) is 5.14 Å². The molecule has 0 saturated heterocycles. The van der Waals surface area contributed by atoms with Gasteiger partial charge in [-0.25, -0.2) is 23.1 Å². The number of nitrogens with zero attached hydrogens (tertiary/aromatic N) is 3. The van der Waals surface area contributed by atoms with Gasteiger partial charge in [-0.2, -0.15) is 18.3 Å². The summed E-state index contributed by atoms with van der Waals surface area (Å²) in [6.07, 6.45) is -3.84. The van der Waals surface area contributed by atoms with Gasteiger partial charge in [-0.1, -0.05) is 23.7 Å². The topological polar surface area (TPSA) is 119 Å². The van der Waals surface area contributed by atoms with Crippen molar-refractivity contribution in [1.82, 2.24) is 14.6 Å². The van der Waals surface area contributed by atoms with Crippen LogP contribution in [0, 0.1) is 6.92 Å². The highest BCUT2D eigenvalue weighted by atomic mass is 35.5. The van der Waals surface area contributed by atoms with Crippen LogP contribution in [0.25, 0.3) is 16.9 Å². The Hall–Kier alpha value is -3.48. The van der Waals surface area contributed by atoms with Crippen molar-refractivity contribution in [3.05, 3.63) is 76.6 Å². The van der Waals surface area contributed by atoms with Crippen LogP contribution in [0.15, 0.2) is 59.6 Å². The molecule has 2 heterocycles. The highest BCUT2D eigenvalue weighted by Gasteiger charge is 2.36. The molecule has 4 aromatic rings. The summed E-state index contributed by atoms with van der Waals surface area (Å²) in [5.41, 5.74) is -0.687. The number of hydrogen-bond donors (Lipinski definition) is 2. The molecule has 0 radical (unpaired) electrons. The van der Waals surface area contributed by atoms with E-state index in [1.54, 1.807) is 13.0 Å². The molecule has 13 heteroatoms. The number of benzene rings is 2. The first-order valence-electron chi connectivity index (χ1n) is 9.51. The lowest BCUT2D eigenvalue weighted by Gasteiger charge is -2.12. The molecule has 3 N–H and O–H groups in total. The van der Waals surface area contributed by atoms with Crippen LogP contribution in [0.4, 0.5) is 18.9 Å². The van der Waals surface area contributed by atoms with E-state index in [0.29, 0.717) is 20.7 Å². The summed E-state index contributed by atoms with van der Waals surface area (Å²) in [6, 6.07) is 10.6. The molecule has 0 atom stereocenters. The highest BCUT2D eigenvalue weighted by Crippen LogP contribution is 2.33. The number of nitrogens with one attached hydrogen (secondary N) is 1. The van der Waals surface area contributed by atoms with Crippen LogP contribution < -0.4 is 10.5 Å². The fraction of sp³-hybridized carbons (Fsp3) is 0.0952. The molecule has 2 aromatic heterocycles. The van der Waals surface area contributed by atoms with Crippen LogP contribution in [-0.2, 0) is 16.2 Å². The van der Waals surface area contributed by atoms with E-state index in [1.165, 1.54) is 30.3 Å². The molecule has 0 unspecified atom stereocenters. The Morgan fingerprint density at radius 3 is 2.53 bits per heavy atom. The Kier molecular flexibility index (Phi) is 5.84. The summed E-state index contributed by atoms with van der Waals surface area (Å²) < 4.78 is 65.0. The van der Waals surface area contributed by atoms with Gasteiger partial charge in [0.1, 0.15) is 5.56 Å². The second kappa shape index (κ2) is 8.38. The molecule has 0 aliphatic carbocycles. The van der Waals surface area contributed by atoms with E-state index < -0.39 is 27.8 Å². The zero-order chi connectivity index (χ0) is 24.8. The van der Waals surface area contributed by atoms with Gasteiger partial charge < -0.3 is 5.32 Å². The molecule has 2 aromatic carbocycles. The zero-order valence-corrected chi connectivity index (χ0v) is 18.8. The summed E-state index contributed by atoms with van der Waals surface area (Å²) in [6.45, 7) is 1.70. The average molecular weight is 510 g/mol. The SMILES string of the molecule is Cc1cc(-c2cc(C(F)(F)F)n3ncc(C(=O)Nc4cccc(S(N)(=O)=O)c4)c3n2)ccc1Cl. The number of nitrogens with two attached hydrogens (primary N) is 1. The lowest BCUT2D eigenvalue weighted by molar-refractivity contribution is -0.142. The van der Waals surface area contributed by atoms with Gasteiger partial charge in [-0.05, 0) is 48.9 Å². The molecule has 0 aliphatic rings. The van der Waals surface area contributed by atoms with E-state index in [1.807, 2.05) is 0 Å². The van der Waals surface area contributed by atoms with Gasteiger partial charge >= 0.3 is 6.18 Å². The van der Waals surface area contributed by atoms with Gasteiger partial charge in [0.15, 0.2) is 11.3 Å². The summed E-state index contributed by atoms with van der Waals surface area (Å²) >= 11 is 6.02. The number of rotatable bonds is 4. The predicted octanol–water partition coefficient (Wildman–Crippen LogP) is 4.28. The molecular formula is C21H15ClF3N5O3S. The number of fused-ring (bicyclic) bond motifs is 1. The van der Waals surface area contributed by atoms with Crippen molar-refractivity contribution in [1.29, 1.82) is 0 Å². The van der Waals surface area contributed by atoms with Crippen LogP contribution in [0.2, 0.25) is 5.02 Å². The van der Waals surface area contributed by atoms with Crippen molar-refractivity contribution in [3.8, 4) is 11.3 Å². The molecule has 0 fully saturated rings. The number of primary sulfonamides is 1. The van der Waals surface area contributed by atoms with Crippen molar-refractivity contribution in [2.45, 2.75) is 18.0 Å².